The van der Waals surface area contributed by atoms with E-state index in [0.717, 1.165) is 24.7 Å². The molecule has 0 radical (unpaired) electrons. The number of carbonyl (C=O) groups is 1. The molecular formula is C12H16O. The van der Waals surface area contributed by atoms with Gasteiger partial charge in [0.25, 0.3) is 0 Å². The molecule has 13 heavy (non-hydrogen) atoms. The van der Waals surface area contributed by atoms with Gasteiger partial charge < -0.3 is 0 Å². The average Bonchev–Trinajstić information content (AvgIpc) is 2.12. The van der Waals surface area contributed by atoms with Crippen LogP contribution in [0.5, 0.6) is 0 Å². The van der Waals surface area contributed by atoms with Crippen molar-refractivity contribution in [2.75, 3.05) is 0 Å². The smallest absolute Gasteiger partial charge is 0.145 e. The Morgan fingerprint density at radius 2 is 1.85 bits per heavy atom. The Bertz CT molecular complexity index is 265. The fourth-order valence-electron chi connectivity index (χ4n) is 4.10. The molecule has 2 atom stereocenters. The molecule has 0 aromatic carbocycles. The van der Waals surface area contributed by atoms with Crippen molar-refractivity contribution in [3.8, 4) is 0 Å². The van der Waals surface area contributed by atoms with Crippen molar-refractivity contribution >= 4 is 5.78 Å². The molecule has 0 N–H and O–H groups in total. The van der Waals surface area contributed by atoms with E-state index in [9.17, 15) is 4.79 Å². The first kappa shape index (κ1) is 7.78. The number of allylic oxidation sites excluding steroid dienone is 1. The summed E-state index contributed by atoms with van der Waals surface area (Å²) in [6.07, 6.45) is 7.94. The first-order chi connectivity index (χ1) is 6.23. The standard InChI is InChI=1S/C12H16O/c1-2-12-6-8-3-9(7-12)5-10(4-8)11(12)13/h2,8-10H,1,3-7H2. The quantitative estimate of drug-likeness (QED) is 0.561. The third-order valence-corrected chi connectivity index (χ3v) is 4.46. The van der Waals surface area contributed by atoms with Crippen LogP contribution in [0.3, 0.4) is 0 Å². The van der Waals surface area contributed by atoms with E-state index in [0.29, 0.717) is 11.7 Å². The summed E-state index contributed by atoms with van der Waals surface area (Å²) in [5.41, 5.74) is -0.0747. The molecule has 4 aliphatic carbocycles. The molecular weight excluding hydrogens is 160 g/mol. The van der Waals surface area contributed by atoms with E-state index in [-0.39, 0.29) is 5.41 Å². The predicted octanol–water partition coefficient (Wildman–Crippen LogP) is 2.57. The molecule has 0 amide bonds. The van der Waals surface area contributed by atoms with Crippen molar-refractivity contribution < 1.29 is 4.79 Å². The number of hydrogen-bond donors (Lipinski definition) is 0. The summed E-state index contributed by atoms with van der Waals surface area (Å²) in [5, 5.41) is 0. The zero-order valence-electron chi connectivity index (χ0n) is 7.96. The monoisotopic (exact) mass is 176 g/mol. The topological polar surface area (TPSA) is 17.1 Å². The van der Waals surface area contributed by atoms with Crippen LogP contribution < -0.4 is 0 Å². The Kier molecular flexibility index (Phi) is 1.35. The summed E-state index contributed by atoms with van der Waals surface area (Å²) >= 11 is 0. The van der Waals surface area contributed by atoms with Crippen LogP contribution in [0.4, 0.5) is 0 Å². The minimum atomic E-state index is -0.0747. The van der Waals surface area contributed by atoms with Gasteiger partial charge in [0.1, 0.15) is 5.78 Å². The van der Waals surface area contributed by atoms with Crippen molar-refractivity contribution in [3.63, 3.8) is 0 Å². The normalized spacial score (nSPS) is 52.6. The number of carbonyl (C=O) groups excluding carboxylic acids is 1. The SMILES string of the molecule is C=CC12CC3CC(CC(C3)C1=O)C2. The molecule has 4 aliphatic rings. The van der Waals surface area contributed by atoms with Gasteiger partial charge in [0.05, 0.1) is 0 Å². The van der Waals surface area contributed by atoms with Crippen molar-refractivity contribution in [2.24, 2.45) is 23.2 Å². The van der Waals surface area contributed by atoms with Gasteiger partial charge in [0.2, 0.25) is 0 Å². The van der Waals surface area contributed by atoms with Crippen LogP contribution in [0, 0.1) is 23.2 Å². The lowest BCUT2D eigenvalue weighted by Gasteiger charge is -2.54. The molecule has 0 aliphatic heterocycles. The Hall–Kier alpha value is -0.590. The third-order valence-electron chi connectivity index (χ3n) is 4.46. The van der Waals surface area contributed by atoms with Crippen LogP contribution in [0.2, 0.25) is 0 Å². The van der Waals surface area contributed by atoms with Crippen LogP contribution in [0.15, 0.2) is 12.7 Å². The second kappa shape index (κ2) is 2.26. The second-order valence-corrected chi connectivity index (χ2v) is 5.27. The lowest BCUT2D eigenvalue weighted by atomic mass is 9.49. The zero-order chi connectivity index (χ0) is 9.05. The minimum absolute atomic E-state index is 0.0747. The molecule has 1 heteroatoms. The molecule has 0 saturated heterocycles. The van der Waals surface area contributed by atoms with E-state index in [2.05, 4.69) is 6.58 Å². The highest BCUT2D eigenvalue weighted by Gasteiger charge is 2.55. The molecule has 0 heterocycles. The maximum atomic E-state index is 12.1. The summed E-state index contributed by atoms with van der Waals surface area (Å²) in [6, 6.07) is 0. The van der Waals surface area contributed by atoms with Crippen molar-refractivity contribution in [1.29, 1.82) is 0 Å². The fraction of sp³-hybridized carbons (Fsp3) is 0.750. The Labute approximate surface area is 79.2 Å². The molecule has 1 nitrogen and oxygen atoms in total. The highest BCUT2D eigenvalue weighted by Crippen LogP contribution is 2.58. The summed E-state index contributed by atoms with van der Waals surface area (Å²) in [5.74, 6) is 2.61. The van der Waals surface area contributed by atoms with E-state index in [1.807, 2.05) is 6.08 Å². The minimum Gasteiger partial charge on any atom is -0.298 e. The first-order valence-corrected chi connectivity index (χ1v) is 5.41. The molecule has 0 spiro atoms. The first-order valence-electron chi connectivity index (χ1n) is 5.41. The van der Waals surface area contributed by atoms with Gasteiger partial charge in [0.15, 0.2) is 0 Å². The van der Waals surface area contributed by atoms with Gasteiger partial charge in [-0.25, -0.2) is 0 Å². The van der Waals surface area contributed by atoms with Gasteiger partial charge in [0, 0.05) is 11.3 Å². The van der Waals surface area contributed by atoms with Gasteiger partial charge in [-0.2, -0.15) is 0 Å². The third kappa shape index (κ3) is 0.853. The highest BCUT2D eigenvalue weighted by molar-refractivity contribution is 5.90. The van der Waals surface area contributed by atoms with Gasteiger partial charge in [-0.1, -0.05) is 6.08 Å². The number of ketones is 1. The van der Waals surface area contributed by atoms with Crippen molar-refractivity contribution in [1.82, 2.24) is 0 Å². The maximum absolute atomic E-state index is 12.1. The van der Waals surface area contributed by atoms with Crippen molar-refractivity contribution in [2.45, 2.75) is 32.1 Å². The van der Waals surface area contributed by atoms with Crippen molar-refractivity contribution in [3.05, 3.63) is 12.7 Å². The second-order valence-electron chi connectivity index (χ2n) is 5.27. The zero-order valence-corrected chi connectivity index (χ0v) is 7.96. The largest absolute Gasteiger partial charge is 0.298 e. The summed E-state index contributed by atoms with van der Waals surface area (Å²) in [4.78, 5) is 12.1. The molecule has 4 rings (SSSR count). The summed E-state index contributed by atoms with van der Waals surface area (Å²) in [6.45, 7) is 3.88. The van der Waals surface area contributed by atoms with E-state index >= 15 is 0 Å². The summed E-state index contributed by atoms with van der Waals surface area (Å²) in [7, 11) is 0. The van der Waals surface area contributed by atoms with Gasteiger partial charge in [-0.05, 0) is 43.9 Å². The molecule has 0 aromatic rings. The van der Waals surface area contributed by atoms with Crippen LogP contribution in [0.25, 0.3) is 0 Å². The van der Waals surface area contributed by atoms with E-state index in [1.54, 1.807) is 0 Å². The molecule has 0 aromatic heterocycles. The van der Waals surface area contributed by atoms with Gasteiger partial charge in [-0.3, -0.25) is 4.79 Å². The van der Waals surface area contributed by atoms with E-state index < -0.39 is 0 Å². The predicted molar refractivity (Wildman–Crippen MR) is 51.2 cm³/mol. The molecule has 70 valence electrons. The number of Topliss-reactive ketones (excluding diaryl/α,β-unsaturated/α-hetero) is 1. The highest BCUT2D eigenvalue weighted by atomic mass is 16.1. The van der Waals surface area contributed by atoms with Crippen LogP contribution >= 0.6 is 0 Å². The van der Waals surface area contributed by atoms with E-state index in [4.69, 9.17) is 0 Å². The molecule has 4 fully saturated rings. The number of hydrogen-bond acceptors (Lipinski definition) is 1. The fourth-order valence-corrected chi connectivity index (χ4v) is 4.10. The Morgan fingerprint density at radius 3 is 2.38 bits per heavy atom. The lowest BCUT2D eigenvalue weighted by molar-refractivity contribution is -0.147. The average molecular weight is 176 g/mol. The van der Waals surface area contributed by atoms with Crippen LogP contribution in [-0.2, 0) is 4.79 Å². The van der Waals surface area contributed by atoms with Crippen LogP contribution in [0.1, 0.15) is 32.1 Å². The Balaban J connectivity index is 2.04. The van der Waals surface area contributed by atoms with Gasteiger partial charge >= 0.3 is 0 Å². The van der Waals surface area contributed by atoms with E-state index in [1.165, 1.54) is 19.3 Å². The number of rotatable bonds is 1. The molecule has 4 bridgehead atoms. The van der Waals surface area contributed by atoms with Crippen LogP contribution in [-0.4, -0.2) is 5.78 Å². The molecule has 2 unspecified atom stereocenters. The Morgan fingerprint density at radius 1 is 1.23 bits per heavy atom. The van der Waals surface area contributed by atoms with Gasteiger partial charge in [-0.15, -0.1) is 6.58 Å². The lowest BCUT2D eigenvalue weighted by Crippen LogP contribution is -2.52. The summed E-state index contributed by atoms with van der Waals surface area (Å²) < 4.78 is 0. The molecule has 4 saturated carbocycles. The maximum Gasteiger partial charge on any atom is 0.145 e.